The summed E-state index contributed by atoms with van der Waals surface area (Å²) in [5.41, 5.74) is 0.995. The summed E-state index contributed by atoms with van der Waals surface area (Å²) in [6.45, 7) is 5.69. The lowest BCUT2D eigenvalue weighted by Gasteiger charge is -2.50. The number of carbonyl (C=O) groups is 1. The Kier molecular flexibility index (Phi) is 5.24. The summed E-state index contributed by atoms with van der Waals surface area (Å²) in [7, 11) is 0. The van der Waals surface area contributed by atoms with E-state index in [-0.39, 0.29) is 11.5 Å². The number of carbonyl (C=O) groups excluding carboxylic acids is 1. The SMILES string of the molecule is CCOC[C@@H]1CCOC12CN(C(=O)CCc1ccc(Cl)cc1)C2. The molecule has 126 valence electrons. The van der Waals surface area contributed by atoms with Gasteiger partial charge in [0.25, 0.3) is 0 Å². The van der Waals surface area contributed by atoms with E-state index in [0.717, 1.165) is 43.2 Å². The maximum absolute atomic E-state index is 12.3. The summed E-state index contributed by atoms with van der Waals surface area (Å²) in [5.74, 6) is 0.624. The van der Waals surface area contributed by atoms with Crippen molar-refractivity contribution in [3.8, 4) is 0 Å². The predicted octanol–water partition coefficient (Wildman–Crippen LogP) is 2.93. The lowest BCUT2D eigenvalue weighted by atomic mass is 9.81. The lowest BCUT2D eigenvalue weighted by Crippen LogP contribution is -2.66. The molecular formula is C18H24ClNO3. The number of amides is 1. The van der Waals surface area contributed by atoms with E-state index in [1.165, 1.54) is 0 Å². The molecule has 0 bridgehead atoms. The quantitative estimate of drug-likeness (QED) is 0.801. The molecule has 23 heavy (non-hydrogen) atoms. The van der Waals surface area contributed by atoms with Crippen LogP contribution in [0.2, 0.25) is 5.02 Å². The van der Waals surface area contributed by atoms with Gasteiger partial charge in [-0.2, -0.15) is 0 Å². The summed E-state index contributed by atoms with van der Waals surface area (Å²) in [4.78, 5) is 14.3. The molecule has 0 saturated carbocycles. The highest BCUT2D eigenvalue weighted by atomic mass is 35.5. The van der Waals surface area contributed by atoms with E-state index >= 15 is 0 Å². The third-order valence-corrected chi connectivity index (χ3v) is 5.19. The minimum Gasteiger partial charge on any atom is -0.381 e. The molecule has 0 aromatic heterocycles. The van der Waals surface area contributed by atoms with Crippen molar-refractivity contribution >= 4 is 17.5 Å². The molecule has 2 aliphatic rings. The largest absolute Gasteiger partial charge is 0.381 e. The van der Waals surface area contributed by atoms with Crippen molar-refractivity contribution in [2.24, 2.45) is 5.92 Å². The van der Waals surface area contributed by atoms with Gasteiger partial charge in [-0.15, -0.1) is 0 Å². The number of hydrogen-bond acceptors (Lipinski definition) is 3. The Morgan fingerprint density at radius 1 is 1.39 bits per heavy atom. The van der Waals surface area contributed by atoms with E-state index in [2.05, 4.69) is 0 Å². The fourth-order valence-corrected chi connectivity index (χ4v) is 3.59. The van der Waals surface area contributed by atoms with Crippen LogP contribution in [0.5, 0.6) is 0 Å². The van der Waals surface area contributed by atoms with Gasteiger partial charge < -0.3 is 14.4 Å². The average Bonchev–Trinajstić information content (AvgIpc) is 2.94. The minimum atomic E-state index is -0.148. The van der Waals surface area contributed by atoms with Gasteiger partial charge in [-0.1, -0.05) is 23.7 Å². The molecule has 2 saturated heterocycles. The Bertz CT molecular complexity index is 540. The van der Waals surface area contributed by atoms with Gasteiger partial charge in [-0.3, -0.25) is 4.79 Å². The Hall–Kier alpha value is -1.10. The Labute approximate surface area is 142 Å². The summed E-state index contributed by atoms with van der Waals surface area (Å²) in [6, 6.07) is 7.69. The summed E-state index contributed by atoms with van der Waals surface area (Å²) < 4.78 is 11.5. The first-order chi connectivity index (χ1) is 11.1. The molecule has 0 radical (unpaired) electrons. The Morgan fingerprint density at radius 2 is 2.13 bits per heavy atom. The van der Waals surface area contributed by atoms with Gasteiger partial charge in [0.2, 0.25) is 5.91 Å². The van der Waals surface area contributed by atoms with Crippen LogP contribution in [0.4, 0.5) is 0 Å². The molecule has 1 aromatic rings. The first kappa shape index (κ1) is 16.7. The minimum absolute atomic E-state index is 0.148. The van der Waals surface area contributed by atoms with Crippen molar-refractivity contribution in [3.63, 3.8) is 0 Å². The van der Waals surface area contributed by atoms with Crippen LogP contribution in [0.25, 0.3) is 0 Å². The van der Waals surface area contributed by atoms with Crippen molar-refractivity contribution in [2.45, 2.75) is 31.8 Å². The summed E-state index contributed by atoms with van der Waals surface area (Å²) in [5, 5.41) is 0.725. The van der Waals surface area contributed by atoms with Crippen LogP contribution in [-0.2, 0) is 20.7 Å². The zero-order valence-electron chi connectivity index (χ0n) is 13.6. The van der Waals surface area contributed by atoms with Crippen LogP contribution in [0.1, 0.15) is 25.3 Å². The van der Waals surface area contributed by atoms with Gasteiger partial charge in [-0.25, -0.2) is 0 Å². The molecule has 1 amide bonds. The first-order valence-electron chi connectivity index (χ1n) is 8.37. The maximum Gasteiger partial charge on any atom is 0.223 e. The van der Waals surface area contributed by atoms with Gasteiger partial charge >= 0.3 is 0 Å². The van der Waals surface area contributed by atoms with Gasteiger partial charge in [0.1, 0.15) is 5.60 Å². The van der Waals surface area contributed by atoms with Crippen molar-refractivity contribution in [1.29, 1.82) is 0 Å². The molecule has 2 heterocycles. The monoisotopic (exact) mass is 337 g/mol. The Balaban J connectivity index is 1.46. The molecule has 1 atom stereocenters. The summed E-state index contributed by atoms with van der Waals surface area (Å²) >= 11 is 5.88. The maximum atomic E-state index is 12.3. The normalized spacial score (nSPS) is 22.3. The number of likely N-dealkylation sites (tertiary alicyclic amines) is 1. The molecule has 0 N–H and O–H groups in total. The average molecular weight is 338 g/mol. The highest BCUT2D eigenvalue weighted by Crippen LogP contribution is 2.40. The van der Waals surface area contributed by atoms with Crippen molar-refractivity contribution in [1.82, 2.24) is 4.90 Å². The number of ether oxygens (including phenoxy) is 2. The smallest absolute Gasteiger partial charge is 0.223 e. The van der Waals surface area contributed by atoms with E-state index in [0.29, 0.717) is 25.4 Å². The molecule has 0 unspecified atom stereocenters. The first-order valence-corrected chi connectivity index (χ1v) is 8.75. The van der Waals surface area contributed by atoms with Crippen LogP contribution in [0, 0.1) is 5.92 Å². The molecule has 1 spiro atoms. The fourth-order valence-electron chi connectivity index (χ4n) is 3.47. The second-order valence-corrected chi connectivity index (χ2v) is 6.87. The predicted molar refractivity (Wildman–Crippen MR) is 89.6 cm³/mol. The molecule has 5 heteroatoms. The van der Waals surface area contributed by atoms with E-state index in [9.17, 15) is 4.79 Å². The van der Waals surface area contributed by atoms with Gasteiger partial charge in [-0.05, 0) is 37.5 Å². The van der Waals surface area contributed by atoms with Gasteiger partial charge in [0, 0.05) is 30.6 Å². The number of aryl methyl sites for hydroxylation is 1. The van der Waals surface area contributed by atoms with Crippen LogP contribution >= 0.6 is 11.6 Å². The standard InChI is InChI=1S/C18H24ClNO3/c1-2-22-11-15-9-10-23-18(15)12-20(13-18)17(21)8-5-14-3-6-16(19)7-4-14/h3-4,6-7,15H,2,5,8-13H2,1H3/t15-/m0/s1. The number of benzene rings is 1. The van der Waals surface area contributed by atoms with Crippen LogP contribution in [0.15, 0.2) is 24.3 Å². The van der Waals surface area contributed by atoms with Gasteiger partial charge in [0.05, 0.1) is 19.7 Å². The second-order valence-electron chi connectivity index (χ2n) is 6.43. The zero-order valence-corrected chi connectivity index (χ0v) is 14.3. The van der Waals surface area contributed by atoms with Crippen molar-refractivity contribution in [2.75, 3.05) is 32.9 Å². The molecule has 2 aliphatic heterocycles. The zero-order chi connectivity index (χ0) is 16.3. The molecule has 0 aliphatic carbocycles. The topological polar surface area (TPSA) is 38.8 Å². The van der Waals surface area contributed by atoms with E-state index < -0.39 is 0 Å². The van der Waals surface area contributed by atoms with Gasteiger partial charge in [0.15, 0.2) is 0 Å². The van der Waals surface area contributed by atoms with Crippen LogP contribution in [0.3, 0.4) is 0 Å². The summed E-state index contributed by atoms with van der Waals surface area (Å²) in [6.07, 6.45) is 2.32. The molecule has 2 fully saturated rings. The van der Waals surface area contributed by atoms with Crippen LogP contribution < -0.4 is 0 Å². The molecule has 1 aromatic carbocycles. The van der Waals surface area contributed by atoms with E-state index in [1.54, 1.807) is 0 Å². The highest BCUT2D eigenvalue weighted by molar-refractivity contribution is 6.30. The van der Waals surface area contributed by atoms with Crippen LogP contribution in [-0.4, -0.2) is 49.3 Å². The number of nitrogens with zero attached hydrogens (tertiary/aromatic N) is 1. The fraction of sp³-hybridized carbons (Fsp3) is 0.611. The molecular weight excluding hydrogens is 314 g/mol. The third kappa shape index (κ3) is 3.70. The molecule has 3 rings (SSSR count). The molecule has 4 nitrogen and oxygen atoms in total. The second kappa shape index (κ2) is 7.20. The van der Waals surface area contributed by atoms with E-state index in [4.69, 9.17) is 21.1 Å². The number of rotatable bonds is 6. The number of hydrogen-bond donors (Lipinski definition) is 0. The number of halogens is 1. The van der Waals surface area contributed by atoms with E-state index in [1.807, 2.05) is 36.1 Å². The highest BCUT2D eigenvalue weighted by Gasteiger charge is 2.54. The third-order valence-electron chi connectivity index (χ3n) is 4.93. The van der Waals surface area contributed by atoms with Crippen molar-refractivity contribution in [3.05, 3.63) is 34.9 Å². The lowest BCUT2D eigenvalue weighted by molar-refractivity contribution is -0.168. The Morgan fingerprint density at radius 3 is 2.83 bits per heavy atom. The van der Waals surface area contributed by atoms with Crippen molar-refractivity contribution < 1.29 is 14.3 Å².